The minimum Gasteiger partial charge on any atom is -0.258 e. The van der Waals surface area contributed by atoms with Gasteiger partial charge in [-0.05, 0) is 0 Å². The van der Waals surface area contributed by atoms with Crippen LogP contribution in [0.3, 0.4) is 0 Å². The first kappa shape index (κ1) is 11.3. The second-order valence-electron chi connectivity index (χ2n) is 2.39. The molecule has 0 amide bonds. The van der Waals surface area contributed by atoms with Gasteiger partial charge in [0.1, 0.15) is 11.1 Å². The number of hydrogen-bond acceptors (Lipinski definition) is 4. The first-order chi connectivity index (χ1) is 6.99. The summed E-state index contributed by atoms with van der Waals surface area (Å²) in [4.78, 5) is 12.7. The zero-order chi connectivity index (χ0) is 11.6. The molecular weight excluding hydrogens is 232 g/mol. The summed E-state index contributed by atoms with van der Waals surface area (Å²) in [6, 6.07) is 1.40. The van der Waals surface area contributed by atoms with Gasteiger partial charge in [-0.2, -0.15) is 5.26 Å². The third-order valence-corrected chi connectivity index (χ3v) is 1.94. The van der Waals surface area contributed by atoms with Crippen molar-refractivity contribution in [2.45, 2.75) is 6.43 Å². The highest BCUT2D eigenvalue weighted by molar-refractivity contribution is 6.33. The number of hydrogen-bond donors (Lipinski definition) is 0. The van der Waals surface area contributed by atoms with Crippen molar-refractivity contribution in [2.75, 3.05) is 0 Å². The van der Waals surface area contributed by atoms with E-state index in [-0.39, 0.29) is 0 Å². The van der Waals surface area contributed by atoms with E-state index >= 15 is 0 Å². The molecule has 78 valence electrons. The number of nitro groups is 1. The molecule has 1 heterocycles. The molecule has 0 saturated carbocycles. The third-order valence-electron chi connectivity index (χ3n) is 1.54. The quantitative estimate of drug-likeness (QED) is 0.580. The van der Waals surface area contributed by atoms with Crippen LogP contribution >= 0.6 is 11.6 Å². The number of rotatable bonds is 2. The summed E-state index contributed by atoms with van der Waals surface area (Å²) in [6.07, 6.45) is -2.32. The van der Waals surface area contributed by atoms with Gasteiger partial charge in [-0.3, -0.25) is 10.1 Å². The Morgan fingerprint density at radius 2 is 2.27 bits per heavy atom. The van der Waals surface area contributed by atoms with Gasteiger partial charge in [0.05, 0.1) is 10.5 Å². The number of nitrogens with zero attached hydrogens (tertiary/aromatic N) is 3. The highest BCUT2D eigenvalue weighted by Gasteiger charge is 2.26. The number of alkyl halides is 2. The molecule has 1 aromatic rings. The van der Waals surface area contributed by atoms with Crippen molar-refractivity contribution in [3.05, 3.63) is 32.6 Å². The molecular formula is C7H2ClF2N3O2. The van der Waals surface area contributed by atoms with Gasteiger partial charge in [-0.15, -0.1) is 0 Å². The van der Waals surface area contributed by atoms with E-state index in [9.17, 15) is 18.9 Å². The van der Waals surface area contributed by atoms with Crippen molar-refractivity contribution in [1.29, 1.82) is 5.26 Å². The number of halogens is 3. The van der Waals surface area contributed by atoms with Crippen LogP contribution in [0.1, 0.15) is 17.7 Å². The zero-order valence-electron chi connectivity index (χ0n) is 6.95. The predicted molar refractivity (Wildman–Crippen MR) is 45.6 cm³/mol. The number of pyridine rings is 1. The predicted octanol–water partition coefficient (Wildman–Crippen LogP) is 2.45. The zero-order valence-corrected chi connectivity index (χ0v) is 7.70. The SMILES string of the molecule is N#Cc1ncc(C(F)F)c(Cl)c1[N+](=O)[O-]. The molecule has 0 aliphatic heterocycles. The van der Waals surface area contributed by atoms with Gasteiger partial charge in [0.25, 0.3) is 6.43 Å². The third kappa shape index (κ3) is 1.99. The molecule has 0 fully saturated rings. The van der Waals surface area contributed by atoms with Gasteiger partial charge in [-0.1, -0.05) is 11.6 Å². The van der Waals surface area contributed by atoms with Crippen molar-refractivity contribution < 1.29 is 13.7 Å². The van der Waals surface area contributed by atoms with Crippen molar-refractivity contribution in [2.24, 2.45) is 0 Å². The lowest BCUT2D eigenvalue weighted by atomic mass is 10.2. The fraction of sp³-hybridized carbons (Fsp3) is 0.143. The Morgan fingerprint density at radius 3 is 2.67 bits per heavy atom. The maximum absolute atomic E-state index is 12.3. The number of nitriles is 1. The lowest BCUT2D eigenvalue weighted by Gasteiger charge is -2.03. The molecule has 0 aromatic carbocycles. The van der Waals surface area contributed by atoms with E-state index in [2.05, 4.69) is 4.98 Å². The number of aromatic nitrogens is 1. The Labute approximate surface area is 87.1 Å². The molecule has 0 N–H and O–H groups in total. The smallest absolute Gasteiger partial charge is 0.258 e. The summed E-state index contributed by atoms with van der Waals surface area (Å²) < 4.78 is 24.6. The Balaban J connectivity index is 3.51. The average molecular weight is 234 g/mol. The molecule has 1 rings (SSSR count). The Morgan fingerprint density at radius 1 is 1.67 bits per heavy atom. The van der Waals surface area contributed by atoms with Gasteiger partial charge >= 0.3 is 5.69 Å². The molecule has 0 saturated heterocycles. The van der Waals surface area contributed by atoms with E-state index in [1.807, 2.05) is 0 Å². The normalized spacial score (nSPS) is 10.1. The molecule has 0 unspecified atom stereocenters. The summed E-state index contributed by atoms with van der Waals surface area (Å²) in [6.45, 7) is 0. The largest absolute Gasteiger partial charge is 0.324 e. The molecule has 0 aliphatic carbocycles. The van der Waals surface area contributed by atoms with Crippen molar-refractivity contribution in [3.63, 3.8) is 0 Å². The second-order valence-corrected chi connectivity index (χ2v) is 2.77. The molecule has 0 atom stereocenters. The van der Waals surface area contributed by atoms with Crippen LogP contribution in [0.2, 0.25) is 5.02 Å². The molecule has 0 bridgehead atoms. The highest BCUT2D eigenvalue weighted by atomic mass is 35.5. The van der Waals surface area contributed by atoms with Crippen molar-refractivity contribution in [3.8, 4) is 6.07 Å². The fourth-order valence-corrected chi connectivity index (χ4v) is 1.18. The molecule has 1 aromatic heterocycles. The van der Waals surface area contributed by atoms with Gasteiger partial charge in [0, 0.05) is 6.20 Å². The second kappa shape index (κ2) is 4.14. The van der Waals surface area contributed by atoms with Gasteiger partial charge in [0.2, 0.25) is 5.69 Å². The van der Waals surface area contributed by atoms with Crippen LogP contribution in [0, 0.1) is 21.4 Å². The maximum Gasteiger partial charge on any atom is 0.324 e. The van der Waals surface area contributed by atoms with Crippen LogP contribution < -0.4 is 0 Å². The van der Waals surface area contributed by atoms with E-state index in [4.69, 9.17) is 16.9 Å². The monoisotopic (exact) mass is 233 g/mol. The van der Waals surface area contributed by atoms with Crippen LogP contribution in [0.15, 0.2) is 6.20 Å². The van der Waals surface area contributed by atoms with Crippen LogP contribution in [0.4, 0.5) is 14.5 Å². The minimum absolute atomic E-state index is 0.589. The molecule has 5 nitrogen and oxygen atoms in total. The standard InChI is InChI=1S/C7H2ClF2N3O2/c8-5-3(7(9)10)2-12-4(1-11)6(5)13(14)15/h2,7H. The van der Waals surface area contributed by atoms with Gasteiger partial charge in [-0.25, -0.2) is 13.8 Å². The minimum atomic E-state index is -2.98. The lowest BCUT2D eigenvalue weighted by Crippen LogP contribution is -2.00. The first-order valence-corrected chi connectivity index (χ1v) is 3.87. The van der Waals surface area contributed by atoms with Gasteiger partial charge < -0.3 is 0 Å². The van der Waals surface area contributed by atoms with Crippen molar-refractivity contribution >= 4 is 17.3 Å². The molecule has 0 aliphatic rings. The summed E-state index contributed by atoms with van der Waals surface area (Å²) in [7, 11) is 0. The lowest BCUT2D eigenvalue weighted by molar-refractivity contribution is -0.385. The maximum atomic E-state index is 12.3. The molecule has 15 heavy (non-hydrogen) atoms. The Kier molecular flexibility index (Phi) is 3.11. The van der Waals surface area contributed by atoms with Crippen LogP contribution in [-0.2, 0) is 0 Å². The Bertz CT molecular complexity index is 458. The summed E-state index contributed by atoms with van der Waals surface area (Å²) in [5, 5.41) is 18.2. The van der Waals surface area contributed by atoms with Crippen LogP contribution in [0.25, 0.3) is 0 Å². The Hall–Kier alpha value is -1.81. The summed E-state index contributed by atoms with van der Waals surface area (Å²) in [5.74, 6) is 0. The van der Waals surface area contributed by atoms with Crippen LogP contribution in [0.5, 0.6) is 0 Å². The summed E-state index contributed by atoms with van der Waals surface area (Å²) in [5.41, 5.74) is -2.24. The van der Waals surface area contributed by atoms with E-state index in [1.165, 1.54) is 6.07 Å². The van der Waals surface area contributed by atoms with Gasteiger partial charge in [0.15, 0.2) is 0 Å². The van der Waals surface area contributed by atoms with E-state index in [1.54, 1.807) is 0 Å². The van der Waals surface area contributed by atoms with E-state index in [0.717, 1.165) is 0 Å². The summed E-state index contributed by atoms with van der Waals surface area (Å²) >= 11 is 5.37. The van der Waals surface area contributed by atoms with Crippen molar-refractivity contribution in [1.82, 2.24) is 4.98 Å². The van der Waals surface area contributed by atoms with Crippen LogP contribution in [-0.4, -0.2) is 9.91 Å². The first-order valence-electron chi connectivity index (χ1n) is 3.50. The molecule has 8 heteroatoms. The molecule has 0 spiro atoms. The topological polar surface area (TPSA) is 79.8 Å². The fourth-order valence-electron chi connectivity index (χ4n) is 0.893. The van der Waals surface area contributed by atoms with E-state index < -0.39 is 33.3 Å². The molecule has 0 radical (unpaired) electrons. The average Bonchev–Trinajstić information content (AvgIpc) is 2.15. The highest BCUT2D eigenvalue weighted by Crippen LogP contribution is 2.34. The van der Waals surface area contributed by atoms with E-state index in [0.29, 0.717) is 6.20 Å².